The Hall–Kier alpha value is -0.620. The van der Waals surface area contributed by atoms with E-state index < -0.39 is 0 Å². The van der Waals surface area contributed by atoms with Gasteiger partial charge in [0, 0.05) is 44.9 Å². The lowest BCUT2D eigenvalue weighted by Gasteiger charge is -2.33. The number of benzene rings is 1. The molecule has 1 heterocycles. The van der Waals surface area contributed by atoms with E-state index in [-0.39, 0.29) is 0 Å². The summed E-state index contributed by atoms with van der Waals surface area (Å²) in [6, 6.07) is 6.62. The molecule has 0 amide bonds. The number of hydrogen-bond donors (Lipinski definition) is 1. The van der Waals surface area contributed by atoms with Gasteiger partial charge in [0.1, 0.15) is 0 Å². The summed E-state index contributed by atoms with van der Waals surface area (Å²) >= 11 is 3.71. The van der Waals surface area contributed by atoms with Gasteiger partial charge in [-0.25, -0.2) is 0 Å². The highest BCUT2D eigenvalue weighted by Crippen LogP contribution is 2.30. The Morgan fingerprint density at radius 2 is 2.05 bits per heavy atom. The van der Waals surface area contributed by atoms with Crippen molar-refractivity contribution in [2.45, 2.75) is 25.5 Å². The minimum Gasteiger partial charge on any atom is -0.383 e. The third kappa shape index (κ3) is 4.95. The lowest BCUT2D eigenvalue weighted by Crippen LogP contribution is -2.36. The van der Waals surface area contributed by atoms with Gasteiger partial charge < -0.3 is 19.7 Å². The zero-order valence-corrected chi connectivity index (χ0v) is 14.5. The summed E-state index contributed by atoms with van der Waals surface area (Å²) in [4.78, 5) is 2.43. The Balaban J connectivity index is 1.90. The van der Waals surface area contributed by atoms with Gasteiger partial charge in [-0.15, -0.1) is 0 Å². The van der Waals surface area contributed by atoms with Crippen molar-refractivity contribution in [1.82, 2.24) is 5.32 Å². The van der Waals surface area contributed by atoms with E-state index in [4.69, 9.17) is 9.47 Å². The smallest absolute Gasteiger partial charge is 0.0605 e. The Kier molecular flexibility index (Phi) is 6.96. The van der Waals surface area contributed by atoms with Gasteiger partial charge in [-0.05, 0) is 46.5 Å². The molecule has 0 aromatic heterocycles. The van der Waals surface area contributed by atoms with Crippen molar-refractivity contribution in [1.29, 1.82) is 0 Å². The van der Waals surface area contributed by atoms with E-state index in [1.807, 2.05) is 7.11 Å². The van der Waals surface area contributed by atoms with E-state index in [9.17, 15) is 0 Å². The van der Waals surface area contributed by atoms with E-state index in [0.717, 1.165) is 45.6 Å². The van der Waals surface area contributed by atoms with E-state index in [1.165, 1.54) is 15.7 Å². The van der Waals surface area contributed by atoms with Crippen molar-refractivity contribution < 1.29 is 9.47 Å². The van der Waals surface area contributed by atoms with Gasteiger partial charge in [0.2, 0.25) is 0 Å². The van der Waals surface area contributed by atoms with Crippen molar-refractivity contribution >= 4 is 21.6 Å². The monoisotopic (exact) mass is 356 g/mol. The highest BCUT2D eigenvalue weighted by Gasteiger charge is 2.20. The Bertz CT molecular complexity index is 434. The van der Waals surface area contributed by atoms with Gasteiger partial charge >= 0.3 is 0 Å². The molecular weight excluding hydrogens is 332 g/mol. The lowest BCUT2D eigenvalue weighted by molar-refractivity contribution is 0.0819. The first-order chi connectivity index (χ1) is 10.2. The molecule has 1 saturated heterocycles. The number of halogens is 1. The van der Waals surface area contributed by atoms with E-state index >= 15 is 0 Å². The Morgan fingerprint density at radius 3 is 2.67 bits per heavy atom. The summed E-state index contributed by atoms with van der Waals surface area (Å²) in [5.74, 6) is 0. The van der Waals surface area contributed by atoms with Crippen LogP contribution in [-0.2, 0) is 16.0 Å². The van der Waals surface area contributed by atoms with Crippen LogP contribution in [0.1, 0.15) is 18.4 Å². The molecule has 0 bridgehead atoms. The molecule has 0 saturated carbocycles. The predicted molar refractivity (Wildman–Crippen MR) is 90.0 cm³/mol. The number of nitrogens with one attached hydrogen (secondary N) is 1. The van der Waals surface area contributed by atoms with Crippen LogP contribution in [0.5, 0.6) is 0 Å². The SMILES string of the molecule is COCCNCc1ccc(N2CCC(OC)CC2)c(Br)c1. The highest BCUT2D eigenvalue weighted by atomic mass is 79.9. The maximum absolute atomic E-state index is 5.43. The van der Waals surface area contributed by atoms with Crippen LogP contribution in [0.3, 0.4) is 0 Å². The number of nitrogens with zero attached hydrogens (tertiary/aromatic N) is 1. The zero-order chi connectivity index (χ0) is 15.1. The predicted octanol–water partition coefficient (Wildman–Crippen LogP) is 2.80. The third-order valence-corrected chi connectivity index (χ3v) is 4.58. The molecule has 1 aliphatic rings. The number of piperidine rings is 1. The number of ether oxygens (including phenoxy) is 2. The summed E-state index contributed by atoms with van der Waals surface area (Å²) in [6.45, 7) is 4.60. The van der Waals surface area contributed by atoms with Gasteiger partial charge in [0.05, 0.1) is 18.4 Å². The summed E-state index contributed by atoms with van der Waals surface area (Å²) < 4.78 is 11.6. The van der Waals surface area contributed by atoms with Crippen LogP contribution in [0.15, 0.2) is 22.7 Å². The van der Waals surface area contributed by atoms with Crippen LogP contribution < -0.4 is 10.2 Å². The number of rotatable bonds is 7. The van der Waals surface area contributed by atoms with Gasteiger partial charge in [0.15, 0.2) is 0 Å². The Morgan fingerprint density at radius 1 is 1.29 bits per heavy atom. The fraction of sp³-hybridized carbons (Fsp3) is 0.625. The second-order valence-corrected chi connectivity index (χ2v) is 6.23. The molecule has 0 spiro atoms. The molecule has 118 valence electrons. The average Bonchev–Trinajstić information content (AvgIpc) is 2.52. The second-order valence-electron chi connectivity index (χ2n) is 5.38. The van der Waals surface area contributed by atoms with Crippen molar-refractivity contribution in [3.05, 3.63) is 28.2 Å². The molecule has 1 aromatic rings. The molecule has 21 heavy (non-hydrogen) atoms. The molecule has 0 unspecified atom stereocenters. The van der Waals surface area contributed by atoms with Gasteiger partial charge in [0.25, 0.3) is 0 Å². The quantitative estimate of drug-likeness (QED) is 0.761. The molecule has 2 rings (SSSR count). The van der Waals surface area contributed by atoms with Crippen LogP contribution in [0.25, 0.3) is 0 Å². The van der Waals surface area contributed by atoms with Crippen molar-refractivity contribution in [2.75, 3.05) is 45.4 Å². The first kappa shape index (κ1) is 16.7. The molecule has 0 radical (unpaired) electrons. The third-order valence-electron chi connectivity index (χ3n) is 3.94. The lowest BCUT2D eigenvalue weighted by atomic mass is 10.1. The first-order valence-corrected chi connectivity index (χ1v) is 8.29. The molecule has 1 aromatic carbocycles. The van der Waals surface area contributed by atoms with Crippen LogP contribution in [0.4, 0.5) is 5.69 Å². The molecule has 4 nitrogen and oxygen atoms in total. The van der Waals surface area contributed by atoms with Crippen LogP contribution in [-0.4, -0.2) is 46.6 Å². The normalized spacial score (nSPS) is 16.4. The number of hydrogen-bond acceptors (Lipinski definition) is 4. The maximum Gasteiger partial charge on any atom is 0.0605 e. The molecular formula is C16H25BrN2O2. The fourth-order valence-corrected chi connectivity index (χ4v) is 3.33. The molecule has 1 N–H and O–H groups in total. The van der Waals surface area contributed by atoms with Gasteiger partial charge in [-0.2, -0.15) is 0 Å². The summed E-state index contributed by atoms with van der Waals surface area (Å²) in [5, 5.41) is 3.37. The van der Waals surface area contributed by atoms with Gasteiger partial charge in [-0.3, -0.25) is 0 Å². The van der Waals surface area contributed by atoms with E-state index in [0.29, 0.717) is 6.10 Å². The minimum atomic E-state index is 0.421. The van der Waals surface area contributed by atoms with Gasteiger partial charge in [-0.1, -0.05) is 6.07 Å². The van der Waals surface area contributed by atoms with Crippen LogP contribution in [0, 0.1) is 0 Å². The average molecular weight is 357 g/mol. The first-order valence-electron chi connectivity index (χ1n) is 7.50. The summed E-state index contributed by atoms with van der Waals surface area (Å²) in [6.07, 6.45) is 2.62. The maximum atomic E-state index is 5.43. The zero-order valence-electron chi connectivity index (χ0n) is 12.9. The van der Waals surface area contributed by atoms with Crippen LogP contribution >= 0.6 is 15.9 Å². The van der Waals surface area contributed by atoms with E-state index in [2.05, 4.69) is 44.3 Å². The second kappa shape index (κ2) is 8.73. The largest absolute Gasteiger partial charge is 0.383 e. The minimum absolute atomic E-state index is 0.421. The summed E-state index contributed by atoms with van der Waals surface area (Å²) in [7, 11) is 3.53. The molecule has 1 aliphatic heterocycles. The Labute approximate surface area is 135 Å². The van der Waals surface area contributed by atoms with Crippen molar-refractivity contribution in [3.8, 4) is 0 Å². The molecule has 0 aliphatic carbocycles. The van der Waals surface area contributed by atoms with Crippen molar-refractivity contribution in [3.63, 3.8) is 0 Å². The molecule has 1 fully saturated rings. The number of methoxy groups -OCH3 is 2. The fourth-order valence-electron chi connectivity index (χ4n) is 2.66. The highest BCUT2D eigenvalue weighted by molar-refractivity contribution is 9.10. The number of anilines is 1. The van der Waals surface area contributed by atoms with Crippen molar-refractivity contribution in [2.24, 2.45) is 0 Å². The molecule has 0 atom stereocenters. The standard InChI is InChI=1S/C16H25BrN2O2/c1-20-10-7-18-12-13-3-4-16(15(17)11-13)19-8-5-14(21-2)6-9-19/h3-4,11,14,18H,5-10,12H2,1-2H3. The van der Waals surface area contributed by atoms with E-state index in [1.54, 1.807) is 7.11 Å². The molecule has 5 heteroatoms. The topological polar surface area (TPSA) is 33.7 Å². The summed E-state index contributed by atoms with van der Waals surface area (Å²) in [5.41, 5.74) is 2.57. The van der Waals surface area contributed by atoms with Crippen LogP contribution in [0.2, 0.25) is 0 Å².